The van der Waals surface area contributed by atoms with Crippen LogP contribution in [0.25, 0.3) is 0 Å². The van der Waals surface area contributed by atoms with Gasteiger partial charge >= 0.3 is 0 Å². The van der Waals surface area contributed by atoms with Crippen LogP contribution in [-0.2, 0) is 11.4 Å². The molecule has 0 bridgehead atoms. The molecule has 146 valence electrons. The van der Waals surface area contributed by atoms with Gasteiger partial charge in [-0.05, 0) is 18.4 Å². The number of carbonyl (C=O) groups excluding carboxylic acids is 2. The number of hydrogen-bond donors (Lipinski definition) is 0. The van der Waals surface area contributed by atoms with E-state index >= 15 is 0 Å². The van der Waals surface area contributed by atoms with Crippen LogP contribution in [0.4, 0.5) is 5.69 Å². The molecule has 0 radical (unpaired) electrons. The van der Waals surface area contributed by atoms with Crippen molar-refractivity contribution in [3.8, 4) is 11.5 Å². The Balaban J connectivity index is 1.93. The zero-order chi connectivity index (χ0) is 20.1. The van der Waals surface area contributed by atoms with Crippen LogP contribution in [0.2, 0.25) is 0 Å². The van der Waals surface area contributed by atoms with E-state index in [0.717, 1.165) is 18.3 Å². The highest BCUT2D eigenvalue weighted by atomic mass is 16.6. The number of rotatable bonds is 8. The van der Waals surface area contributed by atoms with Gasteiger partial charge in [0.1, 0.15) is 12.9 Å². The molecule has 1 unspecified atom stereocenters. The largest absolute Gasteiger partial charge is 0.493 e. The van der Waals surface area contributed by atoms with Crippen molar-refractivity contribution in [1.29, 1.82) is 0 Å². The highest BCUT2D eigenvalue weighted by Crippen LogP contribution is 2.39. The molecule has 1 aliphatic carbocycles. The number of nitrogens with zero attached hydrogens (tertiary/aromatic N) is 1. The Labute approximate surface area is 162 Å². The zero-order valence-electron chi connectivity index (χ0n) is 15.5. The first-order valence-corrected chi connectivity index (χ1v) is 9.07. The number of Topliss-reactive ketones (excluding diaryl/α,β-unsaturated/α-hetero) is 1. The fourth-order valence-electron chi connectivity index (χ4n) is 3.58. The van der Waals surface area contributed by atoms with Crippen LogP contribution in [-0.4, -0.2) is 24.1 Å². The van der Waals surface area contributed by atoms with Crippen LogP contribution < -0.4 is 9.47 Å². The fourth-order valence-corrected chi connectivity index (χ4v) is 3.58. The Hall–Kier alpha value is -3.22. The van der Waals surface area contributed by atoms with Gasteiger partial charge in [-0.2, -0.15) is 0 Å². The van der Waals surface area contributed by atoms with Gasteiger partial charge in [0.2, 0.25) is 0 Å². The second kappa shape index (κ2) is 8.65. The SMILES string of the molecule is COc1cc(C(=O)C2CCC[C@H]2C=O)c([N+](=O)[O-])cc1OCc1ccccc1. The van der Waals surface area contributed by atoms with E-state index in [2.05, 4.69) is 0 Å². The summed E-state index contributed by atoms with van der Waals surface area (Å²) in [5.74, 6) is -0.892. The second-order valence-electron chi connectivity index (χ2n) is 6.75. The Morgan fingerprint density at radius 3 is 2.61 bits per heavy atom. The van der Waals surface area contributed by atoms with E-state index in [1.54, 1.807) is 0 Å². The first-order chi connectivity index (χ1) is 13.5. The molecule has 0 spiro atoms. The second-order valence-corrected chi connectivity index (χ2v) is 6.75. The van der Waals surface area contributed by atoms with E-state index in [1.807, 2.05) is 30.3 Å². The molecule has 28 heavy (non-hydrogen) atoms. The lowest BCUT2D eigenvalue weighted by Crippen LogP contribution is -2.21. The third-order valence-corrected chi connectivity index (χ3v) is 5.06. The Bertz CT molecular complexity index is 880. The smallest absolute Gasteiger partial charge is 0.284 e. The molecule has 1 fully saturated rings. The molecule has 0 heterocycles. The van der Waals surface area contributed by atoms with Crippen molar-refractivity contribution >= 4 is 17.8 Å². The number of hydrogen-bond acceptors (Lipinski definition) is 6. The molecule has 0 N–H and O–H groups in total. The van der Waals surface area contributed by atoms with Crippen molar-refractivity contribution in [2.45, 2.75) is 25.9 Å². The van der Waals surface area contributed by atoms with Crippen molar-refractivity contribution in [2.75, 3.05) is 7.11 Å². The van der Waals surface area contributed by atoms with Crippen molar-refractivity contribution in [3.63, 3.8) is 0 Å². The summed E-state index contributed by atoms with van der Waals surface area (Å²) in [6.45, 7) is 0.206. The van der Waals surface area contributed by atoms with Crippen LogP contribution in [0, 0.1) is 22.0 Å². The molecular formula is C21H21NO6. The fraction of sp³-hybridized carbons (Fsp3) is 0.333. The van der Waals surface area contributed by atoms with Crippen molar-refractivity contribution < 1.29 is 24.0 Å². The summed E-state index contributed by atoms with van der Waals surface area (Å²) >= 11 is 0. The van der Waals surface area contributed by atoms with Gasteiger partial charge in [-0.3, -0.25) is 14.9 Å². The van der Waals surface area contributed by atoms with Gasteiger partial charge in [0.25, 0.3) is 5.69 Å². The molecule has 7 heteroatoms. The summed E-state index contributed by atoms with van der Waals surface area (Å²) in [6, 6.07) is 11.9. The number of carbonyl (C=O) groups is 2. The highest BCUT2D eigenvalue weighted by Gasteiger charge is 2.37. The van der Waals surface area contributed by atoms with Gasteiger partial charge in [-0.25, -0.2) is 0 Å². The minimum absolute atomic E-state index is 0.0485. The monoisotopic (exact) mass is 383 g/mol. The summed E-state index contributed by atoms with van der Waals surface area (Å²) in [5, 5.41) is 11.6. The maximum atomic E-state index is 12.9. The molecule has 1 saturated carbocycles. The van der Waals surface area contributed by atoms with Crippen LogP contribution in [0.1, 0.15) is 35.2 Å². The van der Waals surface area contributed by atoms with Gasteiger partial charge in [0.05, 0.1) is 23.7 Å². The Morgan fingerprint density at radius 1 is 1.21 bits per heavy atom. The van der Waals surface area contributed by atoms with Crippen LogP contribution >= 0.6 is 0 Å². The number of nitro benzene ring substituents is 1. The number of nitro groups is 1. The lowest BCUT2D eigenvalue weighted by molar-refractivity contribution is -0.385. The number of aldehydes is 1. The summed E-state index contributed by atoms with van der Waals surface area (Å²) in [7, 11) is 1.41. The topological polar surface area (TPSA) is 95.7 Å². The molecule has 0 aliphatic heterocycles. The predicted molar refractivity (Wildman–Crippen MR) is 102 cm³/mol. The lowest BCUT2D eigenvalue weighted by Gasteiger charge is -2.16. The molecule has 1 aliphatic rings. The minimum Gasteiger partial charge on any atom is -0.493 e. The van der Waals surface area contributed by atoms with Crippen molar-refractivity contribution in [3.05, 3.63) is 63.7 Å². The number of benzene rings is 2. The van der Waals surface area contributed by atoms with E-state index in [1.165, 1.54) is 19.2 Å². The summed E-state index contributed by atoms with van der Waals surface area (Å²) in [5.41, 5.74) is 0.505. The molecule has 3 rings (SSSR count). The van der Waals surface area contributed by atoms with Crippen molar-refractivity contribution in [2.24, 2.45) is 11.8 Å². The molecule has 0 saturated heterocycles. The molecule has 7 nitrogen and oxygen atoms in total. The molecule has 0 amide bonds. The quantitative estimate of drug-likeness (QED) is 0.296. The van der Waals surface area contributed by atoms with E-state index in [-0.39, 0.29) is 29.4 Å². The standard InChI is InChI=1S/C21H21NO6/c1-27-19-10-17(21(24)16-9-5-8-15(16)12-23)18(22(25)26)11-20(19)28-13-14-6-3-2-4-7-14/h2-4,6-7,10-12,15-16H,5,8-9,13H2,1H3/t15-,16?/m0/s1. The third-order valence-electron chi connectivity index (χ3n) is 5.06. The van der Waals surface area contributed by atoms with Gasteiger partial charge in [0, 0.05) is 17.9 Å². The first kappa shape index (κ1) is 19.5. The van der Waals surface area contributed by atoms with Crippen molar-refractivity contribution in [1.82, 2.24) is 0 Å². The summed E-state index contributed by atoms with van der Waals surface area (Å²) in [6.07, 6.45) is 2.70. The number of ether oxygens (including phenoxy) is 2. The van der Waals surface area contributed by atoms with Crippen LogP contribution in [0.15, 0.2) is 42.5 Å². The minimum atomic E-state index is -0.604. The normalized spacial score (nSPS) is 18.5. The first-order valence-electron chi connectivity index (χ1n) is 9.07. The lowest BCUT2D eigenvalue weighted by atomic mass is 9.88. The maximum Gasteiger partial charge on any atom is 0.284 e. The van der Waals surface area contributed by atoms with Crippen LogP contribution in [0.5, 0.6) is 11.5 Å². The molecule has 2 aromatic carbocycles. The van der Waals surface area contributed by atoms with Gasteiger partial charge in [-0.1, -0.05) is 36.8 Å². The summed E-state index contributed by atoms with van der Waals surface area (Å²) in [4.78, 5) is 35.2. The van der Waals surface area contributed by atoms with E-state index in [0.29, 0.717) is 12.8 Å². The van der Waals surface area contributed by atoms with Gasteiger partial charge < -0.3 is 14.3 Å². The highest BCUT2D eigenvalue weighted by molar-refractivity contribution is 6.03. The average Bonchev–Trinajstić information content (AvgIpc) is 3.20. The Kier molecular flexibility index (Phi) is 6.03. The summed E-state index contributed by atoms with van der Waals surface area (Å²) < 4.78 is 11.0. The van der Waals surface area contributed by atoms with E-state index in [9.17, 15) is 19.7 Å². The molecule has 0 aromatic heterocycles. The predicted octanol–water partition coefficient (Wildman–Crippen LogP) is 3.98. The third kappa shape index (κ3) is 4.03. The Morgan fingerprint density at radius 2 is 1.96 bits per heavy atom. The van der Waals surface area contributed by atoms with E-state index in [4.69, 9.17) is 9.47 Å². The molecule has 2 aromatic rings. The maximum absolute atomic E-state index is 12.9. The molecular weight excluding hydrogens is 362 g/mol. The molecule has 2 atom stereocenters. The zero-order valence-corrected chi connectivity index (χ0v) is 15.5. The number of ketones is 1. The van der Waals surface area contributed by atoms with Gasteiger partial charge in [0.15, 0.2) is 17.3 Å². The van der Waals surface area contributed by atoms with Gasteiger partial charge in [-0.15, -0.1) is 0 Å². The van der Waals surface area contributed by atoms with E-state index < -0.39 is 22.5 Å². The average molecular weight is 383 g/mol. The number of methoxy groups -OCH3 is 1. The van der Waals surface area contributed by atoms with Crippen LogP contribution in [0.3, 0.4) is 0 Å².